The highest BCUT2D eigenvalue weighted by molar-refractivity contribution is 5.73. The first kappa shape index (κ1) is 12.2. The highest BCUT2D eigenvalue weighted by Gasteiger charge is 2.10. The Labute approximate surface area is 115 Å². The number of fused-ring (bicyclic) bond motifs is 1. The Kier molecular flexibility index (Phi) is 2.87. The van der Waals surface area contributed by atoms with Gasteiger partial charge in [0.15, 0.2) is 11.4 Å². The van der Waals surface area contributed by atoms with Crippen LogP contribution in [0.15, 0.2) is 48.8 Å². The minimum atomic E-state index is -0.849. The summed E-state index contributed by atoms with van der Waals surface area (Å²) in [4.78, 5) is 15.4. The van der Waals surface area contributed by atoms with Gasteiger partial charge in [-0.1, -0.05) is 29.8 Å². The molecule has 0 aliphatic carbocycles. The number of rotatable bonds is 2. The first-order chi connectivity index (χ1) is 9.63. The number of carbonyl (C=O) groups excluding carboxylic acids is 1. The average Bonchev–Trinajstić information content (AvgIpc) is 2.84. The van der Waals surface area contributed by atoms with Crippen LogP contribution < -0.4 is 10.5 Å². The van der Waals surface area contributed by atoms with Crippen LogP contribution in [0.3, 0.4) is 0 Å². The van der Waals surface area contributed by atoms with Crippen LogP contribution in [0.5, 0.6) is 5.75 Å². The number of aromatic nitrogens is 2. The summed E-state index contributed by atoms with van der Waals surface area (Å²) in [6.07, 6.45) is 2.87. The quantitative estimate of drug-likeness (QED) is 0.776. The molecule has 2 heterocycles. The van der Waals surface area contributed by atoms with Gasteiger partial charge >= 0.3 is 6.09 Å². The topological polar surface area (TPSA) is 69.6 Å². The molecule has 0 saturated heterocycles. The second-order valence-electron chi connectivity index (χ2n) is 4.52. The molecule has 0 saturated carbocycles. The second kappa shape index (κ2) is 4.70. The number of carbonyl (C=O) groups is 1. The van der Waals surface area contributed by atoms with E-state index in [2.05, 4.69) is 4.98 Å². The summed E-state index contributed by atoms with van der Waals surface area (Å²) in [5.74, 6) is 0.346. The molecule has 2 aromatic heterocycles. The van der Waals surface area contributed by atoms with Crippen molar-refractivity contribution in [3.05, 3.63) is 54.4 Å². The fourth-order valence-corrected chi connectivity index (χ4v) is 2.04. The molecular weight excluding hydrogens is 254 g/mol. The number of primary amides is 1. The molecule has 0 atom stereocenters. The smallest absolute Gasteiger partial charge is 0.406 e. The van der Waals surface area contributed by atoms with E-state index in [9.17, 15) is 4.79 Å². The number of hydrogen-bond acceptors (Lipinski definition) is 3. The third-order valence-electron chi connectivity index (χ3n) is 3.00. The third kappa shape index (κ3) is 2.21. The number of ether oxygens (including phenoxy) is 1. The molecule has 5 nitrogen and oxygen atoms in total. The van der Waals surface area contributed by atoms with E-state index in [1.54, 1.807) is 16.5 Å². The summed E-state index contributed by atoms with van der Waals surface area (Å²) in [5.41, 5.74) is 8.61. The number of benzene rings is 1. The maximum atomic E-state index is 10.9. The van der Waals surface area contributed by atoms with Gasteiger partial charge in [-0.05, 0) is 19.1 Å². The van der Waals surface area contributed by atoms with Crippen LogP contribution in [0.1, 0.15) is 5.56 Å². The van der Waals surface area contributed by atoms with Gasteiger partial charge in [0.1, 0.15) is 0 Å². The first-order valence-electron chi connectivity index (χ1n) is 6.15. The molecule has 20 heavy (non-hydrogen) atoms. The van der Waals surface area contributed by atoms with E-state index < -0.39 is 6.09 Å². The number of nitrogens with two attached hydrogens (primary N) is 1. The standard InChI is InChI=1S/C15H13N3O2/c1-10-4-6-11(7-5-10)12-9-18-8-2-3-13(14(18)17-12)20-15(16)19/h2-9H,1H3,(H2,16,19). The van der Waals surface area contributed by atoms with E-state index in [1.165, 1.54) is 5.56 Å². The van der Waals surface area contributed by atoms with E-state index in [0.29, 0.717) is 11.4 Å². The van der Waals surface area contributed by atoms with Gasteiger partial charge < -0.3 is 14.9 Å². The fourth-order valence-electron chi connectivity index (χ4n) is 2.04. The Morgan fingerprint density at radius 3 is 2.70 bits per heavy atom. The van der Waals surface area contributed by atoms with Gasteiger partial charge in [0.25, 0.3) is 0 Å². The molecule has 0 bridgehead atoms. The molecule has 5 heteroatoms. The zero-order valence-corrected chi connectivity index (χ0v) is 10.9. The van der Waals surface area contributed by atoms with Crippen LogP contribution in [-0.4, -0.2) is 15.5 Å². The lowest BCUT2D eigenvalue weighted by Gasteiger charge is -2.01. The van der Waals surface area contributed by atoms with Crippen LogP contribution in [0.25, 0.3) is 16.9 Å². The number of pyridine rings is 1. The number of amides is 1. The van der Waals surface area contributed by atoms with Crippen LogP contribution >= 0.6 is 0 Å². The summed E-state index contributed by atoms with van der Waals surface area (Å²) in [7, 11) is 0. The van der Waals surface area contributed by atoms with Gasteiger partial charge in [-0.3, -0.25) is 0 Å². The molecule has 1 amide bonds. The number of aryl methyl sites for hydroxylation is 1. The molecule has 3 rings (SSSR count). The first-order valence-corrected chi connectivity index (χ1v) is 6.15. The van der Waals surface area contributed by atoms with Crippen molar-refractivity contribution in [1.82, 2.24) is 9.38 Å². The Morgan fingerprint density at radius 1 is 1.25 bits per heavy atom. The maximum absolute atomic E-state index is 10.9. The van der Waals surface area contributed by atoms with Crippen LogP contribution in [0.2, 0.25) is 0 Å². The van der Waals surface area contributed by atoms with Crippen molar-refractivity contribution in [3.8, 4) is 17.0 Å². The van der Waals surface area contributed by atoms with Crippen LogP contribution in [-0.2, 0) is 0 Å². The number of hydrogen-bond donors (Lipinski definition) is 1. The van der Waals surface area contributed by atoms with E-state index in [4.69, 9.17) is 10.5 Å². The average molecular weight is 267 g/mol. The maximum Gasteiger partial charge on any atom is 0.410 e. The van der Waals surface area contributed by atoms with Crippen molar-refractivity contribution in [1.29, 1.82) is 0 Å². The van der Waals surface area contributed by atoms with E-state index >= 15 is 0 Å². The second-order valence-corrected chi connectivity index (χ2v) is 4.52. The number of imidazole rings is 1. The van der Waals surface area contributed by atoms with Crippen molar-refractivity contribution in [3.63, 3.8) is 0 Å². The predicted molar refractivity (Wildman–Crippen MR) is 75.6 cm³/mol. The molecule has 0 aliphatic heterocycles. The highest BCUT2D eigenvalue weighted by Crippen LogP contribution is 2.24. The summed E-state index contributed by atoms with van der Waals surface area (Å²) in [6.45, 7) is 2.03. The van der Waals surface area contributed by atoms with Crippen molar-refractivity contribution in [2.45, 2.75) is 6.92 Å². The summed E-state index contributed by atoms with van der Waals surface area (Å²) < 4.78 is 6.75. The normalized spacial score (nSPS) is 10.7. The summed E-state index contributed by atoms with van der Waals surface area (Å²) in [6, 6.07) is 11.5. The van der Waals surface area contributed by atoms with Crippen molar-refractivity contribution < 1.29 is 9.53 Å². The molecule has 2 N–H and O–H groups in total. The van der Waals surface area contributed by atoms with Gasteiger partial charge in [0.2, 0.25) is 0 Å². The van der Waals surface area contributed by atoms with Crippen LogP contribution in [0, 0.1) is 6.92 Å². The molecule has 0 spiro atoms. The van der Waals surface area contributed by atoms with E-state index in [0.717, 1.165) is 11.3 Å². The van der Waals surface area contributed by atoms with Gasteiger partial charge in [-0.2, -0.15) is 0 Å². The summed E-state index contributed by atoms with van der Waals surface area (Å²) >= 11 is 0. The largest absolute Gasteiger partial charge is 0.410 e. The summed E-state index contributed by atoms with van der Waals surface area (Å²) in [5, 5.41) is 0. The molecule has 0 aliphatic rings. The lowest BCUT2D eigenvalue weighted by atomic mass is 10.1. The van der Waals surface area contributed by atoms with Gasteiger partial charge in [0, 0.05) is 18.0 Å². The fraction of sp³-hybridized carbons (Fsp3) is 0.0667. The van der Waals surface area contributed by atoms with Crippen LogP contribution in [0.4, 0.5) is 4.79 Å². The lowest BCUT2D eigenvalue weighted by Crippen LogP contribution is -2.16. The van der Waals surface area contributed by atoms with E-state index in [-0.39, 0.29) is 0 Å². The molecule has 1 aromatic carbocycles. The molecule has 0 fully saturated rings. The van der Waals surface area contributed by atoms with Crippen molar-refractivity contribution >= 4 is 11.7 Å². The van der Waals surface area contributed by atoms with Crippen molar-refractivity contribution in [2.24, 2.45) is 5.73 Å². The zero-order chi connectivity index (χ0) is 14.1. The SMILES string of the molecule is Cc1ccc(-c2cn3cccc(OC(N)=O)c3n2)cc1. The molecular formula is C15H13N3O2. The Bertz CT molecular complexity index is 775. The predicted octanol–water partition coefficient (Wildman–Crippen LogP) is 2.77. The monoisotopic (exact) mass is 267 g/mol. The molecule has 100 valence electrons. The van der Waals surface area contributed by atoms with Gasteiger partial charge in [-0.25, -0.2) is 9.78 Å². The molecule has 0 radical (unpaired) electrons. The number of nitrogens with zero attached hydrogens (tertiary/aromatic N) is 2. The zero-order valence-electron chi connectivity index (χ0n) is 10.9. The van der Waals surface area contributed by atoms with Gasteiger partial charge in [0.05, 0.1) is 5.69 Å². The molecule has 0 unspecified atom stereocenters. The van der Waals surface area contributed by atoms with Gasteiger partial charge in [-0.15, -0.1) is 0 Å². The Morgan fingerprint density at radius 2 is 2.00 bits per heavy atom. The Hall–Kier alpha value is -2.82. The molecule has 3 aromatic rings. The highest BCUT2D eigenvalue weighted by atomic mass is 16.5. The van der Waals surface area contributed by atoms with Crippen molar-refractivity contribution in [2.75, 3.05) is 0 Å². The third-order valence-corrected chi connectivity index (χ3v) is 3.00. The minimum absolute atomic E-state index is 0.346. The Balaban J connectivity index is 2.10. The lowest BCUT2D eigenvalue weighted by molar-refractivity contribution is 0.211. The van der Waals surface area contributed by atoms with E-state index in [1.807, 2.05) is 43.6 Å². The minimum Gasteiger partial charge on any atom is -0.406 e.